The first-order valence-corrected chi connectivity index (χ1v) is 7.08. The SMILES string of the molecule is Cc1ccc(CNCCOCC2CCOC2)s1. The van der Waals surface area contributed by atoms with Crippen molar-refractivity contribution in [3.8, 4) is 0 Å². The van der Waals surface area contributed by atoms with E-state index in [4.69, 9.17) is 9.47 Å². The molecule has 0 bridgehead atoms. The molecule has 1 atom stereocenters. The number of ether oxygens (including phenoxy) is 2. The van der Waals surface area contributed by atoms with Gasteiger partial charge in [-0.15, -0.1) is 11.3 Å². The third-order valence-corrected chi connectivity index (χ3v) is 3.90. The van der Waals surface area contributed by atoms with Crippen molar-refractivity contribution in [3.05, 3.63) is 21.9 Å². The van der Waals surface area contributed by atoms with Gasteiger partial charge in [0.05, 0.1) is 19.8 Å². The smallest absolute Gasteiger partial charge is 0.0591 e. The van der Waals surface area contributed by atoms with Gasteiger partial charge in [-0.1, -0.05) is 0 Å². The highest BCUT2D eigenvalue weighted by molar-refractivity contribution is 7.11. The summed E-state index contributed by atoms with van der Waals surface area (Å²) in [6.45, 7) is 7.44. The van der Waals surface area contributed by atoms with E-state index in [-0.39, 0.29) is 0 Å². The van der Waals surface area contributed by atoms with Gasteiger partial charge in [-0.25, -0.2) is 0 Å². The molecule has 2 rings (SSSR count). The number of thiophene rings is 1. The van der Waals surface area contributed by atoms with Crippen LogP contribution in [0.25, 0.3) is 0 Å². The minimum atomic E-state index is 0.620. The molecule has 0 aromatic carbocycles. The highest BCUT2D eigenvalue weighted by Crippen LogP contribution is 2.14. The van der Waals surface area contributed by atoms with Crippen molar-refractivity contribution in [2.75, 3.05) is 33.0 Å². The lowest BCUT2D eigenvalue weighted by molar-refractivity contribution is 0.0913. The van der Waals surface area contributed by atoms with E-state index in [0.29, 0.717) is 5.92 Å². The van der Waals surface area contributed by atoms with Gasteiger partial charge in [-0.2, -0.15) is 0 Å². The van der Waals surface area contributed by atoms with Gasteiger partial charge in [-0.3, -0.25) is 0 Å². The topological polar surface area (TPSA) is 30.5 Å². The molecular formula is C13H21NO2S. The Morgan fingerprint density at radius 3 is 3.18 bits per heavy atom. The molecule has 0 spiro atoms. The van der Waals surface area contributed by atoms with E-state index in [9.17, 15) is 0 Å². The average molecular weight is 255 g/mol. The zero-order valence-electron chi connectivity index (χ0n) is 10.4. The Labute approximate surface area is 107 Å². The van der Waals surface area contributed by atoms with E-state index in [2.05, 4.69) is 24.4 Å². The molecule has 1 aliphatic rings. The summed E-state index contributed by atoms with van der Waals surface area (Å²) in [6.07, 6.45) is 1.15. The molecule has 1 fully saturated rings. The summed E-state index contributed by atoms with van der Waals surface area (Å²) in [5.74, 6) is 0.620. The fraction of sp³-hybridized carbons (Fsp3) is 0.692. The highest BCUT2D eigenvalue weighted by atomic mass is 32.1. The molecule has 3 nitrogen and oxygen atoms in total. The third kappa shape index (κ3) is 4.76. The van der Waals surface area contributed by atoms with Gasteiger partial charge >= 0.3 is 0 Å². The molecule has 96 valence electrons. The zero-order chi connectivity index (χ0) is 11.9. The number of aryl methyl sites for hydroxylation is 1. The summed E-state index contributed by atoms with van der Waals surface area (Å²) in [5, 5.41) is 3.39. The molecule has 1 aromatic heterocycles. The molecule has 1 unspecified atom stereocenters. The standard InChI is InChI=1S/C13H21NO2S/c1-11-2-3-13(17-11)8-14-5-7-16-10-12-4-6-15-9-12/h2-3,12,14H,4-10H2,1H3. The number of hydrogen-bond acceptors (Lipinski definition) is 4. The van der Waals surface area contributed by atoms with Crippen molar-refractivity contribution in [1.29, 1.82) is 0 Å². The Balaban J connectivity index is 1.46. The maximum Gasteiger partial charge on any atom is 0.0591 e. The molecule has 2 heterocycles. The van der Waals surface area contributed by atoms with E-state index >= 15 is 0 Å². The quantitative estimate of drug-likeness (QED) is 0.758. The van der Waals surface area contributed by atoms with Crippen LogP contribution in [0, 0.1) is 12.8 Å². The molecule has 4 heteroatoms. The van der Waals surface area contributed by atoms with E-state index in [1.807, 2.05) is 11.3 Å². The molecule has 0 saturated carbocycles. The van der Waals surface area contributed by atoms with Crippen LogP contribution in [0.3, 0.4) is 0 Å². The van der Waals surface area contributed by atoms with Crippen molar-refractivity contribution in [3.63, 3.8) is 0 Å². The number of rotatable bonds is 7. The second-order valence-corrected chi connectivity index (χ2v) is 5.87. The van der Waals surface area contributed by atoms with Gasteiger partial charge in [0.25, 0.3) is 0 Å². The first-order chi connectivity index (χ1) is 8.34. The van der Waals surface area contributed by atoms with Crippen LogP contribution >= 0.6 is 11.3 Å². The lowest BCUT2D eigenvalue weighted by Crippen LogP contribution is -2.20. The van der Waals surface area contributed by atoms with Crippen LogP contribution in [0.2, 0.25) is 0 Å². The maximum absolute atomic E-state index is 5.62. The van der Waals surface area contributed by atoms with Gasteiger partial charge in [0, 0.05) is 35.4 Å². The Morgan fingerprint density at radius 2 is 2.47 bits per heavy atom. The van der Waals surface area contributed by atoms with Crippen molar-refractivity contribution in [1.82, 2.24) is 5.32 Å². The van der Waals surface area contributed by atoms with Gasteiger partial charge in [-0.05, 0) is 25.5 Å². The Kier molecular flexibility index (Phi) is 5.45. The lowest BCUT2D eigenvalue weighted by Gasteiger charge is -2.08. The van der Waals surface area contributed by atoms with Crippen LogP contribution in [-0.4, -0.2) is 33.0 Å². The molecule has 0 radical (unpaired) electrons. The summed E-state index contributed by atoms with van der Waals surface area (Å²) >= 11 is 1.85. The first kappa shape index (κ1) is 13.0. The van der Waals surface area contributed by atoms with Crippen LogP contribution in [-0.2, 0) is 16.0 Å². The van der Waals surface area contributed by atoms with Crippen LogP contribution in [0.1, 0.15) is 16.2 Å². The number of hydrogen-bond donors (Lipinski definition) is 1. The van der Waals surface area contributed by atoms with Crippen LogP contribution in [0.5, 0.6) is 0 Å². The summed E-state index contributed by atoms with van der Waals surface area (Å²) in [7, 11) is 0. The van der Waals surface area contributed by atoms with Crippen LogP contribution in [0.15, 0.2) is 12.1 Å². The number of nitrogens with one attached hydrogen (secondary N) is 1. The predicted molar refractivity (Wildman–Crippen MR) is 70.5 cm³/mol. The van der Waals surface area contributed by atoms with Crippen molar-refractivity contribution >= 4 is 11.3 Å². The van der Waals surface area contributed by atoms with E-state index in [0.717, 1.165) is 45.9 Å². The van der Waals surface area contributed by atoms with Crippen LogP contribution in [0.4, 0.5) is 0 Å². The largest absolute Gasteiger partial charge is 0.381 e. The van der Waals surface area contributed by atoms with E-state index in [1.54, 1.807) is 0 Å². The predicted octanol–water partition coefficient (Wildman–Crippen LogP) is 2.20. The second-order valence-electron chi connectivity index (χ2n) is 4.49. The summed E-state index contributed by atoms with van der Waals surface area (Å²) < 4.78 is 10.9. The van der Waals surface area contributed by atoms with Gasteiger partial charge in [0.2, 0.25) is 0 Å². The summed E-state index contributed by atoms with van der Waals surface area (Å²) in [6, 6.07) is 4.35. The molecule has 1 aliphatic heterocycles. The van der Waals surface area contributed by atoms with Gasteiger partial charge in [0.15, 0.2) is 0 Å². The third-order valence-electron chi connectivity index (χ3n) is 2.90. The Bertz CT molecular complexity index is 321. The van der Waals surface area contributed by atoms with Crippen LogP contribution < -0.4 is 5.32 Å². The van der Waals surface area contributed by atoms with E-state index < -0.39 is 0 Å². The first-order valence-electron chi connectivity index (χ1n) is 6.26. The molecule has 1 N–H and O–H groups in total. The van der Waals surface area contributed by atoms with Gasteiger partial charge < -0.3 is 14.8 Å². The molecular weight excluding hydrogens is 234 g/mol. The molecule has 0 amide bonds. The fourth-order valence-corrected chi connectivity index (χ4v) is 2.76. The average Bonchev–Trinajstić information content (AvgIpc) is 2.95. The monoisotopic (exact) mass is 255 g/mol. The van der Waals surface area contributed by atoms with E-state index in [1.165, 1.54) is 9.75 Å². The molecule has 1 aromatic rings. The highest BCUT2D eigenvalue weighted by Gasteiger charge is 2.14. The Morgan fingerprint density at radius 1 is 1.53 bits per heavy atom. The molecule has 0 aliphatic carbocycles. The van der Waals surface area contributed by atoms with Crippen molar-refractivity contribution in [2.45, 2.75) is 19.9 Å². The zero-order valence-corrected chi connectivity index (χ0v) is 11.2. The lowest BCUT2D eigenvalue weighted by atomic mass is 10.1. The Hall–Kier alpha value is -0.420. The van der Waals surface area contributed by atoms with Crippen molar-refractivity contribution < 1.29 is 9.47 Å². The second kappa shape index (κ2) is 7.11. The van der Waals surface area contributed by atoms with Crippen molar-refractivity contribution in [2.24, 2.45) is 5.92 Å². The summed E-state index contributed by atoms with van der Waals surface area (Å²) in [5.41, 5.74) is 0. The maximum atomic E-state index is 5.62. The fourth-order valence-electron chi connectivity index (χ4n) is 1.90. The van der Waals surface area contributed by atoms with Gasteiger partial charge in [0.1, 0.15) is 0 Å². The molecule has 1 saturated heterocycles. The minimum Gasteiger partial charge on any atom is -0.381 e. The normalized spacial score (nSPS) is 19.9. The minimum absolute atomic E-state index is 0.620. The molecule has 17 heavy (non-hydrogen) atoms. The summed E-state index contributed by atoms with van der Waals surface area (Å²) in [4.78, 5) is 2.77.